The van der Waals surface area contributed by atoms with Crippen molar-refractivity contribution in [3.05, 3.63) is 56.9 Å². The number of hydrogen-bond donors (Lipinski definition) is 0. The molecule has 0 saturated carbocycles. The summed E-state index contributed by atoms with van der Waals surface area (Å²) in [7, 11) is -2.15. The Morgan fingerprint density at radius 2 is 1.96 bits per heavy atom. The van der Waals surface area contributed by atoms with Crippen molar-refractivity contribution in [2.75, 3.05) is 20.2 Å². The summed E-state index contributed by atoms with van der Waals surface area (Å²) in [4.78, 5) is 12.3. The van der Waals surface area contributed by atoms with Crippen molar-refractivity contribution >= 4 is 26.0 Å². The highest BCUT2D eigenvalue weighted by atomic mass is 79.9. The predicted octanol–water partition coefficient (Wildman–Crippen LogP) is 2.43. The highest BCUT2D eigenvalue weighted by molar-refractivity contribution is 9.10. The maximum absolute atomic E-state index is 13.3. The molecule has 1 fully saturated rings. The first-order chi connectivity index (χ1) is 12.4. The van der Waals surface area contributed by atoms with Crippen molar-refractivity contribution in [1.82, 2.24) is 8.87 Å². The van der Waals surface area contributed by atoms with Crippen molar-refractivity contribution < 1.29 is 13.2 Å². The van der Waals surface area contributed by atoms with Gasteiger partial charge in [-0.05, 0) is 46.5 Å². The second-order valence-electron chi connectivity index (χ2n) is 6.82. The lowest BCUT2D eigenvalue weighted by atomic mass is 9.84. The Labute approximate surface area is 160 Å². The maximum Gasteiger partial charge on any atom is 0.250 e. The highest BCUT2D eigenvalue weighted by Crippen LogP contribution is 2.38. The van der Waals surface area contributed by atoms with Crippen LogP contribution in [0.2, 0.25) is 0 Å². The van der Waals surface area contributed by atoms with Crippen LogP contribution in [0.1, 0.15) is 18.0 Å². The number of halogens is 1. The summed E-state index contributed by atoms with van der Waals surface area (Å²) >= 11 is 3.35. The number of benzene rings is 1. The fourth-order valence-corrected chi connectivity index (χ4v) is 6.50. The van der Waals surface area contributed by atoms with Gasteiger partial charge < -0.3 is 9.30 Å². The molecule has 0 amide bonds. The van der Waals surface area contributed by atoms with E-state index in [4.69, 9.17) is 4.74 Å². The van der Waals surface area contributed by atoms with Crippen LogP contribution in [0.3, 0.4) is 0 Å². The predicted molar refractivity (Wildman–Crippen MR) is 101 cm³/mol. The fraction of sp³-hybridized carbons (Fsp3) is 0.389. The lowest BCUT2D eigenvalue weighted by Gasteiger charge is -2.42. The smallest absolute Gasteiger partial charge is 0.250 e. The number of aromatic nitrogens is 1. The summed E-state index contributed by atoms with van der Waals surface area (Å²) in [6.45, 7) is 1.37. The fourth-order valence-electron chi connectivity index (χ4n) is 4.00. The molecular weight excluding hydrogens is 420 g/mol. The van der Waals surface area contributed by atoms with Crippen LogP contribution in [0.15, 0.2) is 50.6 Å². The summed E-state index contributed by atoms with van der Waals surface area (Å²) in [5.74, 6) is 0.678. The molecule has 6 nitrogen and oxygen atoms in total. The quantitative estimate of drug-likeness (QED) is 0.737. The summed E-state index contributed by atoms with van der Waals surface area (Å²) in [6.07, 6.45) is 0.911. The van der Waals surface area contributed by atoms with Gasteiger partial charge in [-0.2, -0.15) is 4.31 Å². The van der Waals surface area contributed by atoms with E-state index in [9.17, 15) is 13.2 Å². The van der Waals surface area contributed by atoms with E-state index in [2.05, 4.69) is 15.9 Å². The van der Waals surface area contributed by atoms with Crippen molar-refractivity contribution in [3.8, 4) is 5.75 Å². The topological polar surface area (TPSA) is 68.6 Å². The van der Waals surface area contributed by atoms with E-state index in [1.807, 2.05) is 6.07 Å². The number of sulfonamides is 1. The van der Waals surface area contributed by atoms with E-state index in [0.29, 0.717) is 29.9 Å². The Hall–Kier alpha value is -1.64. The number of fused-ring (bicyclic) bond motifs is 4. The average molecular weight is 439 g/mol. The first-order valence-electron chi connectivity index (χ1n) is 8.43. The lowest BCUT2D eigenvalue weighted by molar-refractivity contribution is 0.186. The van der Waals surface area contributed by atoms with Gasteiger partial charge in [-0.3, -0.25) is 4.79 Å². The molecule has 2 bridgehead atoms. The van der Waals surface area contributed by atoms with Crippen LogP contribution in [0, 0.1) is 5.92 Å². The number of methoxy groups -OCH3 is 1. The number of pyridine rings is 1. The molecule has 0 radical (unpaired) electrons. The Kier molecular flexibility index (Phi) is 4.45. The molecule has 1 aromatic heterocycles. The number of hydrogen-bond acceptors (Lipinski definition) is 4. The molecule has 2 aliphatic rings. The molecule has 26 heavy (non-hydrogen) atoms. The molecule has 2 aliphatic heterocycles. The number of piperidine rings is 1. The molecule has 138 valence electrons. The maximum atomic E-state index is 13.3. The first kappa shape index (κ1) is 17.8. The van der Waals surface area contributed by atoms with Gasteiger partial charge in [0.15, 0.2) is 0 Å². The summed E-state index contributed by atoms with van der Waals surface area (Å²) < 4.78 is 35.6. The van der Waals surface area contributed by atoms with Crippen LogP contribution in [-0.2, 0) is 16.6 Å². The SMILES string of the molecule is COc1ccc(Br)c(S(=O)(=O)N2C[C@H]3C[C@@H](C2)c2cccc(=O)n2C3)c1. The third-order valence-electron chi connectivity index (χ3n) is 5.20. The zero-order valence-electron chi connectivity index (χ0n) is 14.3. The van der Waals surface area contributed by atoms with Gasteiger partial charge in [0.1, 0.15) is 10.6 Å². The molecule has 1 saturated heterocycles. The van der Waals surface area contributed by atoms with Gasteiger partial charge in [-0.15, -0.1) is 0 Å². The molecule has 0 unspecified atom stereocenters. The second kappa shape index (κ2) is 6.51. The zero-order valence-corrected chi connectivity index (χ0v) is 16.7. The molecule has 2 aromatic rings. The summed E-state index contributed by atoms with van der Waals surface area (Å²) in [5, 5.41) is 0. The number of nitrogens with zero attached hydrogens (tertiary/aromatic N) is 2. The van der Waals surface area contributed by atoms with Crippen LogP contribution in [0.4, 0.5) is 0 Å². The molecule has 8 heteroatoms. The minimum Gasteiger partial charge on any atom is -0.497 e. The van der Waals surface area contributed by atoms with E-state index in [1.165, 1.54) is 7.11 Å². The molecule has 2 atom stereocenters. The van der Waals surface area contributed by atoms with Gasteiger partial charge in [-0.1, -0.05) is 6.07 Å². The van der Waals surface area contributed by atoms with Crippen LogP contribution in [-0.4, -0.2) is 37.5 Å². The van der Waals surface area contributed by atoms with Crippen LogP contribution >= 0.6 is 15.9 Å². The van der Waals surface area contributed by atoms with Gasteiger partial charge in [0.25, 0.3) is 5.56 Å². The summed E-state index contributed by atoms with van der Waals surface area (Å²) in [6, 6.07) is 10.2. The Morgan fingerprint density at radius 1 is 1.15 bits per heavy atom. The van der Waals surface area contributed by atoms with Gasteiger partial charge in [0.2, 0.25) is 10.0 Å². The van der Waals surface area contributed by atoms with Gasteiger partial charge in [-0.25, -0.2) is 8.42 Å². The number of ether oxygens (including phenoxy) is 1. The third-order valence-corrected chi connectivity index (χ3v) is 8.03. The Morgan fingerprint density at radius 3 is 2.73 bits per heavy atom. The van der Waals surface area contributed by atoms with Gasteiger partial charge in [0, 0.05) is 47.9 Å². The third kappa shape index (κ3) is 2.90. The number of rotatable bonds is 3. The molecule has 0 spiro atoms. The van der Waals surface area contributed by atoms with Gasteiger partial charge >= 0.3 is 0 Å². The molecule has 4 rings (SSSR count). The standard InChI is InChI=1S/C18H19BrN2O4S/c1-25-14-5-6-15(19)17(8-14)26(23,24)20-9-12-7-13(11-20)16-3-2-4-18(22)21(16)10-12/h2-6,8,12-13H,7,9-11H2,1H3/t12-,13+/m1/s1. The van der Waals surface area contributed by atoms with E-state index in [-0.39, 0.29) is 22.3 Å². The average Bonchev–Trinajstić information content (AvgIpc) is 2.63. The minimum absolute atomic E-state index is 0.0101. The van der Waals surface area contributed by atoms with E-state index in [1.54, 1.807) is 39.2 Å². The molecule has 3 heterocycles. The largest absolute Gasteiger partial charge is 0.497 e. The zero-order chi connectivity index (χ0) is 18.5. The van der Waals surface area contributed by atoms with Crippen LogP contribution in [0.25, 0.3) is 0 Å². The van der Waals surface area contributed by atoms with Crippen LogP contribution in [0.5, 0.6) is 5.75 Å². The van der Waals surface area contributed by atoms with Crippen molar-refractivity contribution in [3.63, 3.8) is 0 Å². The molecular formula is C18H19BrN2O4S. The van der Waals surface area contributed by atoms with Crippen molar-refractivity contribution in [1.29, 1.82) is 0 Å². The van der Waals surface area contributed by atoms with E-state index < -0.39 is 10.0 Å². The van der Waals surface area contributed by atoms with E-state index >= 15 is 0 Å². The van der Waals surface area contributed by atoms with Crippen molar-refractivity contribution in [2.45, 2.75) is 23.8 Å². The van der Waals surface area contributed by atoms with Gasteiger partial charge in [0.05, 0.1) is 7.11 Å². The lowest BCUT2D eigenvalue weighted by Crippen LogP contribution is -2.49. The molecule has 0 aliphatic carbocycles. The molecule has 0 N–H and O–H groups in total. The minimum atomic E-state index is -3.66. The monoisotopic (exact) mass is 438 g/mol. The van der Waals surface area contributed by atoms with Crippen molar-refractivity contribution in [2.24, 2.45) is 5.92 Å². The normalized spacial score (nSPS) is 22.7. The second-order valence-corrected chi connectivity index (χ2v) is 9.58. The summed E-state index contributed by atoms with van der Waals surface area (Å²) in [5.41, 5.74) is 0.919. The molecule has 1 aromatic carbocycles. The Balaban J connectivity index is 1.71. The van der Waals surface area contributed by atoms with Crippen LogP contribution < -0.4 is 10.3 Å². The highest BCUT2D eigenvalue weighted by Gasteiger charge is 2.40. The van der Waals surface area contributed by atoms with E-state index in [0.717, 1.165) is 12.1 Å². The Bertz CT molecular complexity index is 1020. The first-order valence-corrected chi connectivity index (χ1v) is 10.7.